The van der Waals surface area contributed by atoms with Crippen LogP contribution in [0.5, 0.6) is 0 Å². The van der Waals surface area contributed by atoms with Gasteiger partial charge in [0.25, 0.3) is 0 Å². The number of unbranched alkanes of at least 4 members (excludes halogenated alkanes) is 19. The predicted molar refractivity (Wildman–Crippen MR) is 198 cm³/mol. The van der Waals surface area contributed by atoms with Crippen LogP contribution in [0.4, 0.5) is 0 Å². The first kappa shape index (κ1) is 47.9. The average molecular weight is 753 g/mol. The topological polar surface area (TPSA) is 178 Å². The molecule has 0 saturated carbocycles. The molecule has 302 valence electrons. The maximum Gasteiger partial charge on any atom is 0.397 e. The van der Waals surface area contributed by atoms with Crippen LogP contribution in [0.3, 0.4) is 0 Å². The molecule has 6 unspecified atom stereocenters. The Morgan fingerprint density at radius 1 is 0.725 bits per heavy atom. The first-order valence-electron chi connectivity index (χ1n) is 19.9. The van der Waals surface area contributed by atoms with Gasteiger partial charge in [-0.1, -0.05) is 129 Å². The normalized spacial score (nSPS) is 21.7. The second kappa shape index (κ2) is 31.2. The third-order valence-corrected chi connectivity index (χ3v) is 9.60. The highest BCUT2D eigenvalue weighted by Crippen LogP contribution is 2.26. The Kier molecular flexibility index (Phi) is 29.3. The van der Waals surface area contributed by atoms with Crippen LogP contribution < -0.4 is 0 Å². The number of ether oxygens (including phenoxy) is 4. The molecule has 0 spiro atoms. The van der Waals surface area contributed by atoms with Crippen LogP contribution in [0.1, 0.15) is 162 Å². The molecule has 0 amide bonds. The summed E-state index contributed by atoms with van der Waals surface area (Å²) >= 11 is 0. The number of allylic oxidation sites excluding steroid dienone is 2. The van der Waals surface area contributed by atoms with Gasteiger partial charge >= 0.3 is 16.4 Å². The van der Waals surface area contributed by atoms with Crippen molar-refractivity contribution in [3.05, 3.63) is 12.2 Å². The van der Waals surface area contributed by atoms with E-state index in [0.29, 0.717) is 13.0 Å². The molecule has 0 aromatic heterocycles. The molecular weight excluding hydrogens is 680 g/mol. The molecule has 51 heavy (non-hydrogen) atoms. The third kappa shape index (κ3) is 25.5. The maximum atomic E-state index is 12.7. The predicted octanol–water partition coefficient (Wildman–Crippen LogP) is 7.13. The van der Waals surface area contributed by atoms with Crippen molar-refractivity contribution in [1.82, 2.24) is 0 Å². The zero-order chi connectivity index (χ0) is 37.6. The number of aliphatic hydroxyl groups is 3. The number of aliphatic hydroxyl groups excluding tert-OH is 3. The van der Waals surface area contributed by atoms with Crippen molar-refractivity contribution < 1.29 is 56.2 Å². The first-order chi connectivity index (χ1) is 24.6. The molecule has 1 rings (SSSR count). The molecule has 1 fully saturated rings. The van der Waals surface area contributed by atoms with Crippen LogP contribution >= 0.6 is 0 Å². The molecule has 12 nitrogen and oxygen atoms in total. The van der Waals surface area contributed by atoms with E-state index in [1.54, 1.807) is 0 Å². The molecule has 1 saturated heterocycles. The lowest BCUT2D eigenvalue weighted by Gasteiger charge is -2.41. The number of carbonyl (C=O) groups is 1. The fourth-order valence-electron chi connectivity index (χ4n) is 6.08. The minimum Gasteiger partial charge on any atom is -0.457 e. The summed E-state index contributed by atoms with van der Waals surface area (Å²) in [6.45, 7) is 3.92. The minimum absolute atomic E-state index is 0.0358. The van der Waals surface area contributed by atoms with Gasteiger partial charge in [0, 0.05) is 13.0 Å². The van der Waals surface area contributed by atoms with E-state index < -0.39 is 59.8 Å². The standard InChI is InChI=1S/C38H72O12S/c1-3-5-7-9-11-13-14-15-16-17-18-19-20-22-24-26-28-46-30-32(48-34(40)27-25-23-21-12-10-8-6-4-2)31-47-38-36(42)37(50-51(43,44)45)35(41)33(29-39)49-38/h15-16,32-33,35-39,41-42H,3-14,17-31H2,1-2H3,(H,43,44,45)/b16-15-. The lowest BCUT2D eigenvalue weighted by molar-refractivity contribution is -0.301. The van der Waals surface area contributed by atoms with Gasteiger partial charge < -0.3 is 34.3 Å². The zero-order valence-corrected chi connectivity index (χ0v) is 32.5. The first-order valence-corrected chi connectivity index (χ1v) is 21.3. The molecule has 1 aliphatic rings. The highest BCUT2D eigenvalue weighted by molar-refractivity contribution is 7.80. The molecule has 0 aromatic rings. The largest absolute Gasteiger partial charge is 0.457 e. The Balaban J connectivity index is 2.45. The van der Waals surface area contributed by atoms with Crippen LogP contribution in [0, 0.1) is 0 Å². The van der Waals surface area contributed by atoms with Crippen LogP contribution in [-0.4, -0.2) is 97.5 Å². The van der Waals surface area contributed by atoms with E-state index in [2.05, 4.69) is 30.2 Å². The van der Waals surface area contributed by atoms with Gasteiger partial charge in [0.2, 0.25) is 0 Å². The Labute approximate surface area is 308 Å². The van der Waals surface area contributed by atoms with Crippen molar-refractivity contribution in [2.75, 3.05) is 26.4 Å². The van der Waals surface area contributed by atoms with Crippen LogP contribution in [0.15, 0.2) is 12.2 Å². The lowest BCUT2D eigenvalue weighted by atomic mass is 9.99. The van der Waals surface area contributed by atoms with E-state index in [1.807, 2.05) is 0 Å². The molecular formula is C38H72O12S. The number of esters is 1. The van der Waals surface area contributed by atoms with E-state index in [4.69, 9.17) is 23.5 Å². The van der Waals surface area contributed by atoms with Gasteiger partial charge in [0.1, 0.15) is 30.5 Å². The van der Waals surface area contributed by atoms with E-state index in [0.717, 1.165) is 44.9 Å². The Morgan fingerprint density at radius 2 is 1.24 bits per heavy atom. The fraction of sp³-hybridized carbons (Fsp3) is 0.921. The number of hydrogen-bond acceptors (Lipinski definition) is 11. The van der Waals surface area contributed by atoms with Gasteiger partial charge in [-0.3, -0.25) is 9.35 Å². The van der Waals surface area contributed by atoms with E-state index in [9.17, 15) is 28.5 Å². The molecule has 6 atom stereocenters. The van der Waals surface area contributed by atoms with E-state index >= 15 is 0 Å². The Hall–Kier alpha value is -1.16. The summed E-state index contributed by atoms with van der Waals surface area (Å²) in [6.07, 6.45) is 21.3. The molecule has 0 bridgehead atoms. The van der Waals surface area contributed by atoms with Crippen LogP contribution in [0.2, 0.25) is 0 Å². The SMILES string of the molecule is CCCCCCCC/C=C\CCCCCCCCOCC(COC1OC(CO)C(O)C(OS(=O)(=O)O)C1O)OC(=O)CCCCCCCCCC. The summed E-state index contributed by atoms with van der Waals surface area (Å²) in [5.74, 6) is -0.406. The summed E-state index contributed by atoms with van der Waals surface area (Å²) in [6, 6.07) is 0. The highest BCUT2D eigenvalue weighted by Gasteiger charge is 2.48. The molecule has 4 N–H and O–H groups in total. The molecule has 0 aromatic carbocycles. The smallest absolute Gasteiger partial charge is 0.397 e. The van der Waals surface area contributed by atoms with Gasteiger partial charge in [-0.15, -0.1) is 0 Å². The monoisotopic (exact) mass is 752 g/mol. The van der Waals surface area contributed by atoms with Gasteiger partial charge in [0.05, 0.1) is 19.8 Å². The third-order valence-electron chi connectivity index (χ3n) is 9.14. The van der Waals surface area contributed by atoms with Gasteiger partial charge in [-0.25, -0.2) is 4.18 Å². The Morgan fingerprint density at radius 3 is 1.76 bits per heavy atom. The summed E-state index contributed by atoms with van der Waals surface area (Å²) in [7, 11) is -5.05. The van der Waals surface area contributed by atoms with Gasteiger partial charge in [0.15, 0.2) is 6.29 Å². The average Bonchev–Trinajstić information content (AvgIpc) is 3.09. The van der Waals surface area contributed by atoms with Crippen LogP contribution in [-0.2, 0) is 38.3 Å². The van der Waals surface area contributed by atoms with Gasteiger partial charge in [-0.2, -0.15) is 8.42 Å². The zero-order valence-electron chi connectivity index (χ0n) is 31.7. The Bertz CT molecular complexity index is 963. The molecule has 0 aliphatic carbocycles. The number of rotatable bonds is 34. The number of hydrogen-bond donors (Lipinski definition) is 4. The van der Waals surface area contributed by atoms with Crippen molar-refractivity contribution in [2.24, 2.45) is 0 Å². The fourth-order valence-corrected chi connectivity index (χ4v) is 6.59. The molecule has 0 radical (unpaired) electrons. The van der Waals surface area contributed by atoms with Crippen molar-refractivity contribution in [3.8, 4) is 0 Å². The van der Waals surface area contributed by atoms with Gasteiger partial charge in [-0.05, 0) is 38.5 Å². The summed E-state index contributed by atoms with van der Waals surface area (Å²) in [5.41, 5.74) is 0. The van der Waals surface area contributed by atoms with E-state index in [-0.39, 0.29) is 19.6 Å². The second-order valence-corrected chi connectivity index (χ2v) is 14.9. The summed E-state index contributed by atoms with van der Waals surface area (Å²) in [5, 5.41) is 30.5. The number of carbonyl (C=O) groups excluding carboxylic acids is 1. The summed E-state index contributed by atoms with van der Waals surface area (Å²) < 4.78 is 58.7. The van der Waals surface area contributed by atoms with Crippen molar-refractivity contribution in [2.45, 2.75) is 198 Å². The van der Waals surface area contributed by atoms with Crippen molar-refractivity contribution in [1.29, 1.82) is 0 Å². The molecule has 1 aliphatic heterocycles. The quantitative estimate of drug-likeness (QED) is 0.0227. The minimum atomic E-state index is -5.05. The summed E-state index contributed by atoms with van der Waals surface area (Å²) in [4.78, 5) is 12.7. The van der Waals surface area contributed by atoms with E-state index in [1.165, 1.54) is 89.9 Å². The van der Waals surface area contributed by atoms with Crippen molar-refractivity contribution in [3.63, 3.8) is 0 Å². The molecule has 1 heterocycles. The van der Waals surface area contributed by atoms with Crippen LogP contribution in [0.25, 0.3) is 0 Å². The lowest BCUT2D eigenvalue weighted by Crippen LogP contribution is -2.60. The second-order valence-electron chi connectivity index (χ2n) is 13.9. The maximum absolute atomic E-state index is 12.7. The highest BCUT2D eigenvalue weighted by atomic mass is 32.3. The van der Waals surface area contributed by atoms with Crippen molar-refractivity contribution >= 4 is 16.4 Å². The molecule has 13 heteroatoms.